The first-order valence-corrected chi connectivity index (χ1v) is 5.55. The van der Waals surface area contributed by atoms with E-state index in [-0.39, 0.29) is 5.97 Å². The number of allylic oxidation sites excluding steroid dienone is 1. The van der Waals surface area contributed by atoms with Gasteiger partial charge in [0.15, 0.2) is 0 Å². The monoisotopic (exact) mass is 211 g/mol. The maximum atomic E-state index is 11.6. The number of piperidine rings is 1. The van der Waals surface area contributed by atoms with Crippen molar-refractivity contribution in [3.05, 3.63) is 11.6 Å². The summed E-state index contributed by atoms with van der Waals surface area (Å²) in [6.07, 6.45) is 4.17. The molecule has 0 spiro atoms. The van der Waals surface area contributed by atoms with E-state index in [1.807, 2.05) is 20.8 Å². The van der Waals surface area contributed by atoms with Crippen molar-refractivity contribution >= 4 is 5.97 Å². The van der Waals surface area contributed by atoms with E-state index >= 15 is 0 Å². The second kappa shape index (κ2) is 4.79. The Bertz CT molecular complexity index is 253. The number of hydroxylamine groups is 2. The molecule has 0 radical (unpaired) electrons. The standard InChI is InChI=1S/C12H21NO2/c1-5-10-6-8-13(9-7-10)15-11(14)12(2,3)4/h5H,6-9H2,1-4H3. The first kappa shape index (κ1) is 12.2. The van der Waals surface area contributed by atoms with Gasteiger partial charge in [-0.05, 0) is 40.5 Å². The third-order valence-corrected chi connectivity index (χ3v) is 2.60. The van der Waals surface area contributed by atoms with Crippen molar-refractivity contribution in [1.29, 1.82) is 0 Å². The van der Waals surface area contributed by atoms with E-state index in [1.165, 1.54) is 5.57 Å². The van der Waals surface area contributed by atoms with Crippen LogP contribution in [0, 0.1) is 5.41 Å². The zero-order valence-corrected chi connectivity index (χ0v) is 10.2. The Balaban J connectivity index is 2.39. The summed E-state index contributed by atoms with van der Waals surface area (Å²) < 4.78 is 0. The molecule has 1 fully saturated rings. The summed E-state index contributed by atoms with van der Waals surface area (Å²) in [5.74, 6) is -0.147. The minimum Gasteiger partial charge on any atom is -0.367 e. The molecule has 1 rings (SSSR count). The minimum atomic E-state index is -0.416. The molecule has 0 aromatic heterocycles. The lowest BCUT2D eigenvalue weighted by Gasteiger charge is -2.29. The Labute approximate surface area is 92.0 Å². The highest BCUT2D eigenvalue weighted by molar-refractivity contribution is 5.75. The lowest BCUT2D eigenvalue weighted by atomic mass is 9.98. The lowest BCUT2D eigenvalue weighted by molar-refractivity contribution is -0.202. The van der Waals surface area contributed by atoms with Gasteiger partial charge in [0, 0.05) is 13.1 Å². The molecule has 0 aromatic rings. The van der Waals surface area contributed by atoms with Gasteiger partial charge in [0.1, 0.15) is 0 Å². The van der Waals surface area contributed by atoms with Crippen molar-refractivity contribution in [1.82, 2.24) is 5.06 Å². The molecule has 0 bridgehead atoms. The molecule has 1 aliphatic heterocycles. The predicted octanol–water partition coefficient (Wildman–Crippen LogP) is 2.53. The zero-order valence-electron chi connectivity index (χ0n) is 10.2. The van der Waals surface area contributed by atoms with Gasteiger partial charge in [-0.15, -0.1) is 5.06 Å². The fourth-order valence-corrected chi connectivity index (χ4v) is 1.41. The Hall–Kier alpha value is -0.830. The quantitative estimate of drug-likeness (QED) is 0.624. The first-order valence-electron chi connectivity index (χ1n) is 5.55. The average molecular weight is 211 g/mol. The van der Waals surface area contributed by atoms with E-state index < -0.39 is 5.41 Å². The van der Waals surface area contributed by atoms with Crippen LogP contribution >= 0.6 is 0 Å². The molecule has 0 N–H and O–H groups in total. The molecule has 3 nitrogen and oxygen atoms in total. The van der Waals surface area contributed by atoms with Crippen LogP contribution in [0.4, 0.5) is 0 Å². The van der Waals surface area contributed by atoms with Gasteiger partial charge >= 0.3 is 5.97 Å². The van der Waals surface area contributed by atoms with Gasteiger partial charge in [-0.2, -0.15) is 0 Å². The molecule has 15 heavy (non-hydrogen) atoms. The van der Waals surface area contributed by atoms with Gasteiger partial charge in [0.25, 0.3) is 0 Å². The van der Waals surface area contributed by atoms with Crippen LogP contribution in [0.25, 0.3) is 0 Å². The van der Waals surface area contributed by atoms with Crippen LogP contribution in [0.3, 0.4) is 0 Å². The second-order valence-corrected chi connectivity index (χ2v) is 5.00. The third-order valence-electron chi connectivity index (χ3n) is 2.60. The molecule has 0 saturated carbocycles. The van der Waals surface area contributed by atoms with Gasteiger partial charge in [0.2, 0.25) is 0 Å². The maximum Gasteiger partial charge on any atom is 0.330 e. The van der Waals surface area contributed by atoms with E-state index in [0.717, 1.165) is 25.9 Å². The molecule has 0 amide bonds. The van der Waals surface area contributed by atoms with Crippen molar-refractivity contribution in [3.8, 4) is 0 Å². The summed E-state index contributed by atoms with van der Waals surface area (Å²) in [4.78, 5) is 16.9. The molecule has 3 heteroatoms. The molecule has 0 aromatic carbocycles. The molecular formula is C12H21NO2. The van der Waals surface area contributed by atoms with Crippen LogP contribution in [0.15, 0.2) is 11.6 Å². The summed E-state index contributed by atoms with van der Waals surface area (Å²) in [6, 6.07) is 0. The molecular weight excluding hydrogens is 190 g/mol. The molecule has 0 atom stereocenters. The summed E-state index contributed by atoms with van der Waals surface area (Å²) in [7, 11) is 0. The fourth-order valence-electron chi connectivity index (χ4n) is 1.41. The van der Waals surface area contributed by atoms with Gasteiger partial charge in [-0.3, -0.25) is 0 Å². The van der Waals surface area contributed by atoms with E-state index in [1.54, 1.807) is 5.06 Å². The van der Waals surface area contributed by atoms with Crippen LogP contribution < -0.4 is 0 Å². The van der Waals surface area contributed by atoms with Gasteiger partial charge in [-0.1, -0.05) is 11.6 Å². The van der Waals surface area contributed by atoms with Crippen LogP contribution in [0.5, 0.6) is 0 Å². The Kier molecular flexibility index (Phi) is 3.91. The smallest absolute Gasteiger partial charge is 0.330 e. The van der Waals surface area contributed by atoms with Crippen molar-refractivity contribution in [2.24, 2.45) is 5.41 Å². The number of rotatable bonds is 1. The lowest BCUT2D eigenvalue weighted by Crippen LogP contribution is -2.37. The number of carbonyl (C=O) groups excluding carboxylic acids is 1. The number of nitrogens with zero attached hydrogens (tertiary/aromatic N) is 1. The minimum absolute atomic E-state index is 0.147. The summed E-state index contributed by atoms with van der Waals surface area (Å²) in [5.41, 5.74) is 1.04. The van der Waals surface area contributed by atoms with E-state index in [2.05, 4.69) is 13.0 Å². The number of hydrogen-bond acceptors (Lipinski definition) is 3. The van der Waals surface area contributed by atoms with E-state index in [0.29, 0.717) is 0 Å². The second-order valence-electron chi connectivity index (χ2n) is 5.00. The highest BCUT2D eigenvalue weighted by Gasteiger charge is 2.26. The highest BCUT2D eigenvalue weighted by atomic mass is 16.7. The number of carbonyl (C=O) groups is 1. The molecule has 1 heterocycles. The van der Waals surface area contributed by atoms with Crippen LogP contribution in [0.2, 0.25) is 0 Å². The predicted molar refractivity (Wildman–Crippen MR) is 60.1 cm³/mol. The molecule has 0 unspecified atom stereocenters. The van der Waals surface area contributed by atoms with Crippen LogP contribution in [-0.4, -0.2) is 24.1 Å². The summed E-state index contributed by atoms with van der Waals surface area (Å²) in [6.45, 7) is 9.32. The molecule has 1 saturated heterocycles. The molecule has 86 valence electrons. The molecule has 1 aliphatic rings. The topological polar surface area (TPSA) is 29.5 Å². The maximum absolute atomic E-state index is 11.6. The fraction of sp³-hybridized carbons (Fsp3) is 0.750. The Morgan fingerprint density at radius 2 is 1.87 bits per heavy atom. The van der Waals surface area contributed by atoms with E-state index in [4.69, 9.17) is 4.84 Å². The molecule has 0 aliphatic carbocycles. The normalized spacial score (nSPS) is 18.8. The Morgan fingerprint density at radius 3 is 2.27 bits per heavy atom. The summed E-state index contributed by atoms with van der Waals surface area (Å²) >= 11 is 0. The van der Waals surface area contributed by atoms with Crippen molar-refractivity contribution < 1.29 is 9.63 Å². The van der Waals surface area contributed by atoms with Crippen molar-refractivity contribution in [3.63, 3.8) is 0 Å². The van der Waals surface area contributed by atoms with E-state index in [9.17, 15) is 4.79 Å². The average Bonchev–Trinajstić information content (AvgIpc) is 2.17. The van der Waals surface area contributed by atoms with Gasteiger partial charge in [0.05, 0.1) is 5.41 Å². The Morgan fingerprint density at radius 1 is 1.33 bits per heavy atom. The van der Waals surface area contributed by atoms with Crippen LogP contribution in [-0.2, 0) is 9.63 Å². The SMILES string of the molecule is CC=C1CCN(OC(=O)C(C)(C)C)CC1. The van der Waals surface area contributed by atoms with Crippen molar-refractivity contribution in [2.75, 3.05) is 13.1 Å². The number of hydrogen-bond donors (Lipinski definition) is 0. The zero-order chi connectivity index (χ0) is 11.5. The van der Waals surface area contributed by atoms with Gasteiger partial charge in [-0.25, -0.2) is 4.79 Å². The third kappa shape index (κ3) is 3.67. The first-order chi connectivity index (χ1) is 6.93. The van der Waals surface area contributed by atoms with Crippen molar-refractivity contribution in [2.45, 2.75) is 40.5 Å². The summed E-state index contributed by atoms with van der Waals surface area (Å²) in [5, 5.41) is 1.78. The van der Waals surface area contributed by atoms with Gasteiger partial charge < -0.3 is 4.84 Å². The highest BCUT2D eigenvalue weighted by Crippen LogP contribution is 2.20. The largest absolute Gasteiger partial charge is 0.367 e. The van der Waals surface area contributed by atoms with Crippen LogP contribution in [0.1, 0.15) is 40.5 Å².